The molecule has 2 aliphatic rings. The molecule has 0 aromatic carbocycles. The molecule has 0 aliphatic carbocycles. The van der Waals surface area contributed by atoms with Gasteiger partial charge in [0.15, 0.2) is 0 Å². The number of fused-ring (bicyclic) bond motifs is 1. The summed E-state index contributed by atoms with van der Waals surface area (Å²) in [6, 6.07) is -1.24. The molecule has 1 N–H and O–H groups in total. The van der Waals surface area contributed by atoms with E-state index in [9.17, 15) is 14.4 Å². The Balaban J connectivity index is 2.00. The van der Waals surface area contributed by atoms with E-state index >= 15 is 0 Å². The molecule has 0 unspecified atom stereocenters. The van der Waals surface area contributed by atoms with Crippen LogP contribution in [0.2, 0.25) is 0 Å². The van der Waals surface area contributed by atoms with Gasteiger partial charge < -0.3 is 19.7 Å². The highest BCUT2D eigenvalue weighted by Crippen LogP contribution is 2.35. The minimum atomic E-state index is -0.643. The molecule has 2 heterocycles. The van der Waals surface area contributed by atoms with Crippen LogP contribution in [0.15, 0.2) is 0 Å². The van der Waals surface area contributed by atoms with Crippen LogP contribution in [0.4, 0.5) is 4.79 Å². The number of alkyl carbamates (subject to hydrolysis) is 1. The van der Waals surface area contributed by atoms with E-state index in [-0.39, 0.29) is 17.9 Å². The molecule has 136 valence electrons. The number of nitrogens with one attached hydrogen (secondary N) is 1. The number of ether oxygens (including phenoxy) is 2. The van der Waals surface area contributed by atoms with Gasteiger partial charge in [-0.3, -0.25) is 4.79 Å². The molecule has 0 aromatic rings. The van der Waals surface area contributed by atoms with E-state index in [1.807, 2.05) is 0 Å². The molecule has 2 amide bonds. The summed E-state index contributed by atoms with van der Waals surface area (Å²) in [6.07, 6.45) is 1.22. The van der Waals surface area contributed by atoms with Crippen molar-refractivity contribution in [1.82, 2.24) is 10.2 Å². The van der Waals surface area contributed by atoms with E-state index < -0.39 is 29.4 Å². The van der Waals surface area contributed by atoms with Gasteiger partial charge in [-0.15, -0.1) is 0 Å². The number of hydrogen-bond acceptors (Lipinski definition) is 5. The number of carbonyl (C=O) groups excluding carboxylic acids is 3. The summed E-state index contributed by atoms with van der Waals surface area (Å²) >= 11 is 0. The average Bonchev–Trinajstić information content (AvgIpc) is 2.87. The van der Waals surface area contributed by atoms with Gasteiger partial charge in [0.2, 0.25) is 5.91 Å². The van der Waals surface area contributed by atoms with Crippen molar-refractivity contribution in [3.8, 4) is 0 Å². The molecule has 7 nitrogen and oxygen atoms in total. The summed E-state index contributed by atoms with van der Waals surface area (Å²) in [5, 5.41) is 2.62. The lowest BCUT2D eigenvalue weighted by molar-refractivity contribution is -0.163. The predicted molar refractivity (Wildman–Crippen MR) is 87.3 cm³/mol. The summed E-state index contributed by atoms with van der Waals surface area (Å²) in [6.45, 7) is 10.7. The summed E-state index contributed by atoms with van der Waals surface area (Å²) in [7, 11) is 0. The summed E-state index contributed by atoms with van der Waals surface area (Å²) in [5.74, 6) is -0.615. The number of carbonyl (C=O) groups is 3. The molecule has 0 bridgehead atoms. The Kier molecular flexibility index (Phi) is 4.84. The molecule has 2 fully saturated rings. The topological polar surface area (TPSA) is 84.9 Å². The van der Waals surface area contributed by atoms with E-state index in [0.717, 1.165) is 6.42 Å². The van der Waals surface area contributed by atoms with Gasteiger partial charge in [0, 0.05) is 6.04 Å². The second-order valence-corrected chi connectivity index (χ2v) is 8.46. The highest BCUT2D eigenvalue weighted by molar-refractivity contribution is 5.92. The lowest BCUT2D eigenvalue weighted by atomic mass is 10.1. The fraction of sp³-hybridized carbons (Fsp3) is 0.824. The van der Waals surface area contributed by atoms with Gasteiger partial charge in [-0.05, 0) is 60.8 Å². The van der Waals surface area contributed by atoms with Crippen LogP contribution >= 0.6 is 0 Å². The first-order valence-electron chi connectivity index (χ1n) is 8.42. The Morgan fingerprint density at radius 3 is 2.17 bits per heavy atom. The van der Waals surface area contributed by atoms with Gasteiger partial charge >= 0.3 is 12.1 Å². The summed E-state index contributed by atoms with van der Waals surface area (Å²) in [5.41, 5.74) is -1.22. The Hall–Kier alpha value is -1.79. The van der Waals surface area contributed by atoms with Crippen molar-refractivity contribution >= 4 is 18.0 Å². The molecule has 2 rings (SSSR count). The lowest BCUT2D eigenvalue weighted by Crippen LogP contribution is -2.48. The zero-order valence-electron chi connectivity index (χ0n) is 15.3. The molecule has 3 atom stereocenters. The number of esters is 1. The second kappa shape index (κ2) is 6.26. The predicted octanol–water partition coefficient (Wildman–Crippen LogP) is 1.98. The Morgan fingerprint density at radius 1 is 1.04 bits per heavy atom. The van der Waals surface area contributed by atoms with Crippen molar-refractivity contribution in [3.05, 3.63) is 0 Å². The summed E-state index contributed by atoms with van der Waals surface area (Å²) < 4.78 is 10.6. The minimum Gasteiger partial charge on any atom is -0.458 e. The molecule has 0 radical (unpaired) electrons. The second-order valence-electron chi connectivity index (χ2n) is 8.46. The average molecular weight is 340 g/mol. The van der Waals surface area contributed by atoms with Gasteiger partial charge in [-0.1, -0.05) is 0 Å². The molecule has 2 aliphatic heterocycles. The third-order valence-electron chi connectivity index (χ3n) is 3.93. The van der Waals surface area contributed by atoms with E-state index in [4.69, 9.17) is 9.47 Å². The molecule has 2 saturated heterocycles. The maximum absolute atomic E-state index is 12.6. The maximum Gasteiger partial charge on any atom is 0.408 e. The van der Waals surface area contributed by atoms with Crippen LogP contribution in [0.5, 0.6) is 0 Å². The van der Waals surface area contributed by atoms with E-state index in [0.29, 0.717) is 12.8 Å². The molecular formula is C17H28N2O5. The first kappa shape index (κ1) is 18.5. The minimum absolute atomic E-state index is 0.0324. The smallest absolute Gasteiger partial charge is 0.408 e. The van der Waals surface area contributed by atoms with E-state index in [1.54, 1.807) is 46.4 Å². The highest BCUT2D eigenvalue weighted by Gasteiger charge is 2.50. The van der Waals surface area contributed by atoms with Crippen LogP contribution in [0.25, 0.3) is 0 Å². The van der Waals surface area contributed by atoms with Crippen molar-refractivity contribution in [2.45, 2.75) is 90.1 Å². The normalized spacial score (nSPS) is 27.0. The zero-order chi connectivity index (χ0) is 18.3. The van der Waals surface area contributed by atoms with Crippen LogP contribution in [-0.2, 0) is 19.1 Å². The van der Waals surface area contributed by atoms with Crippen LogP contribution < -0.4 is 5.32 Å². The summed E-state index contributed by atoms with van der Waals surface area (Å²) in [4.78, 5) is 38.4. The Labute approximate surface area is 143 Å². The van der Waals surface area contributed by atoms with Gasteiger partial charge in [0.25, 0.3) is 0 Å². The van der Waals surface area contributed by atoms with Crippen molar-refractivity contribution in [1.29, 1.82) is 0 Å². The standard InChI is InChI=1S/C17H28N2O5/c1-16(2,3)23-14(21)12-8-7-10-9-11(13(20)19(10)12)18-15(22)24-17(4,5)6/h10-12H,7-9H2,1-6H3,(H,18,22)/t10-,11-,12-/m0/s1. The Bertz CT molecular complexity index is 532. The molecule has 0 aromatic heterocycles. The first-order valence-corrected chi connectivity index (χ1v) is 8.42. The number of amides is 2. The van der Waals surface area contributed by atoms with Crippen LogP contribution in [0.1, 0.15) is 60.8 Å². The van der Waals surface area contributed by atoms with Gasteiger partial charge in [-0.2, -0.15) is 0 Å². The largest absolute Gasteiger partial charge is 0.458 e. The number of hydrogen-bond donors (Lipinski definition) is 1. The third-order valence-corrected chi connectivity index (χ3v) is 3.93. The van der Waals surface area contributed by atoms with Crippen LogP contribution in [-0.4, -0.2) is 52.2 Å². The Morgan fingerprint density at radius 2 is 1.62 bits per heavy atom. The van der Waals surface area contributed by atoms with Crippen molar-refractivity contribution in [3.63, 3.8) is 0 Å². The number of rotatable bonds is 2. The van der Waals surface area contributed by atoms with Crippen molar-refractivity contribution in [2.24, 2.45) is 0 Å². The van der Waals surface area contributed by atoms with Crippen LogP contribution in [0.3, 0.4) is 0 Å². The van der Waals surface area contributed by atoms with Crippen molar-refractivity contribution in [2.75, 3.05) is 0 Å². The number of nitrogens with zero attached hydrogens (tertiary/aromatic N) is 1. The van der Waals surface area contributed by atoms with E-state index in [2.05, 4.69) is 5.32 Å². The quantitative estimate of drug-likeness (QED) is 0.777. The van der Waals surface area contributed by atoms with Gasteiger partial charge in [0.1, 0.15) is 23.3 Å². The SMILES string of the molecule is CC(C)(C)OC(=O)N[C@H]1C[C@@H]2CC[C@@H](C(=O)OC(C)(C)C)N2C1=O. The zero-order valence-corrected chi connectivity index (χ0v) is 15.3. The molecule has 7 heteroatoms. The molecular weight excluding hydrogens is 312 g/mol. The molecule has 0 spiro atoms. The maximum atomic E-state index is 12.6. The first-order chi connectivity index (χ1) is 10.9. The third kappa shape index (κ3) is 4.39. The van der Waals surface area contributed by atoms with Gasteiger partial charge in [-0.25, -0.2) is 9.59 Å². The van der Waals surface area contributed by atoms with Gasteiger partial charge in [0.05, 0.1) is 0 Å². The lowest BCUT2D eigenvalue weighted by Gasteiger charge is -2.27. The van der Waals surface area contributed by atoms with E-state index in [1.165, 1.54) is 0 Å². The fourth-order valence-electron chi connectivity index (χ4n) is 3.17. The highest BCUT2D eigenvalue weighted by atomic mass is 16.6. The van der Waals surface area contributed by atoms with Crippen LogP contribution in [0, 0.1) is 0 Å². The molecule has 24 heavy (non-hydrogen) atoms. The fourth-order valence-corrected chi connectivity index (χ4v) is 3.17. The molecule has 0 saturated carbocycles. The van der Waals surface area contributed by atoms with Crippen molar-refractivity contribution < 1.29 is 23.9 Å². The monoisotopic (exact) mass is 340 g/mol.